The number of ether oxygens (including phenoxy) is 1. The van der Waals surface area contributed by atoms with Gasteiger partial charge in [-0.25, -0.2) is 0 Å². The Kier molecular flexibility index (Phi) is 3.59. The number of carbonyl (C=O) groups excluding carboxylic acids is 1. The van der Waals surface area contributed by atoms with Crippen molar-refractivity contribution < 1.29 is 9.53 Å². The Morgan fingerprint density at radius 3 is 2.35 bits per heavy atom. The molecule has 0 aliphatic carbocycles. The van der Waals surface area contributed by atoms with Gasteiger partial charge >= 0.3 is 5.97 Å². The smallest absolute Gasteiger partial charge is 0.308 e. The zero-order valence-corrected chi connectivity index (χ0v) is 10.9. The minimum atomic E-state index is -0.321. The topological polar surface area (TPSA) is 26.3 Å². The average molecular weight is 291 g/mol. The quantitative estimate of drug-likeness (QED) is 0.616. The normalized spacial score (nSPS) is 10.0. The van der Waals surface area contributed by atoms with Crippen molar-refractivity contribution in [1.29, 1.82) is 0 Å². The molecule has 0 radical (unpaired) electrons. The van der Waals surface area contributed by atoms with Crippen LogP contribution in [0.5, 0.6) is 5.75 Å². The first-order valence-corrected chi connectivity index (χ1v) is 5.99. The highest BCUT2D eigenvalue weighted by Crippen LogP contribution is 2.30. The van der Waals surface area contributed by atoms with E-state index in [1.165, 1.54) is 6.92 Å². The Balaban J connectivity index is 2.34. The molecule has 3 heteroatoms. The van der Waals surface area contributed by atoms with E-state index in [1.807, 2.05) is 42.5 Å². The fourth-order valence-electron chi connectivity index (χ4n) is 1.55. The molecule has 0 fully saturated rings. The SMILES string of the molecule is CC(=O)Oc1ccc(-c2ccccc2)cc1Br. The van der Waals surface area contributed by atoms with Crippen LogP contribution < -0.4 is 4.74 Å². The second kappa shape index (κ2) is 5.15. The zero-order valence-electron chi connectivity index (χ0n) is 9.31. The standard InChI is InChI=1S/C14H11BrO2/c1-10(16)17-14-8-7-12(9-13(14)15)11-5-3-2-4-6-11/h2-9H,1H3. The van der Waals surface area contributed by atoms with Gasteiger partial charge in [-0.15, -0.1) is 0 Å². The molecule has 2 nitrogen and oxygen atoms in total. The summed E-state index contributed by atoms with van der Waals surface area (Å²) in [5.74, 6) is 0.218. The average Bonchev–Trinajstić information content (AvgIpc) is 2.32. The van der Waals surface area contributed by atoms with E-state index in [0.717, 1.165) is 15.6 Å². The summed E-state index contributed by atoms with van der Waals surface area (Å²) < 4.78 is 5.82. The van der Waals surface area contributed by atoms with E-state index >= 15 is 0 Å². The molecule has 0 aliphatic heterocycles. The Morgan fingerprint density at radius 1 is 1.06 bits per heavy atom. The fourth-order valence-corrected chi connectivity index (χ4v) is 2.01. The maximum Gasteiger partial charge on any atom is 0.308 e. The van der Waals surface area contributed by atoms with Crippen molar-refractivity contribution in [2.24, 2.45) is 0 Å². The highest BCUT2D eigenvalue weighted by atomic mass is 79.9. The van der Waals surface area contributed by atoms with Gasteiger partial charge in [0, 0.05) is 6.92 Å². The summed E-state index contributed by atoms with van der Waals surface area (Å²) in [5.41, 5.74) is 2.20. The minimum absolute atomic E-state index is 0.321. The van der Waals surface area contributed by atoms with Crippen molar-refractivity contribution >= 4 is 21.9 Å². The first-order chi connectivity index (χ1) is 8.16. The maximum absolute atomic E-state index is 10.9. The highest BCUT2D eigenvalue weighted by Gasteiger charge is 2.05. The van der Waals surface area contributed by atoms with E-state index in [1.54, 1.807) is 6.07 Å². The third kappa shape index (κ3) is 2.94. The van der Waals surface area contributed by atoms with Crippen LogP contribution in [0.25, 0.3) is 11.1 Å². The number of halogens is 1. The lowest BCUT2D eigenvalue weighted by Gasteiger charge is -2.07. The summed E-state index contributed by atoms with van der Waals surface area (Å²) in [5, 5.41) is 0. The van der Waals surface area contributed by atoms with Crippen molar-refractivity contribution in [3.05, 3.63) is 53.0 Å². The second-order valence-electron chi connectivity index (χ2n) is 3.60. The Hall–Kier alpha value is -1.61. The Morgan fingerprint density at radius 2 is 1.76 bits per heavy atom. The number of rotatable bonds is 2. The van der Waals surface area contributed by atoms with Gasteiger partial charge in [-0.3, -0.25) is 4.79 Å². The molecule has 0 aliphatic rings. The lowest BCUT2D eigenvalue weighted by Crippen LogP contribution is -2.01. The number of hydrogen-bond donors (Lipinski definition) is 0. The Bertz CT molecular complexity index is 535. The minimum Gasteiger partial charge on any atom is -0.426 e. The molecule has 86 valence electrons. The Labute approximate surface area is 108 Å². The van der Waals surface area contributed by atoms with E-state index in [9.17, 15) is 4.79 Å². The van der Waals surface area contributed by atoms with Gasteiger partial charge in [0.05, 0.1) is 4.47 Å². The number of hydrogen-bond acceptors (Lipinski definition) is 2. The summed E-state index contributed by atoms with van der Waals surface area (Å²) in [7, 11) is 0. The largest absolute Gasteiger partial charge is 0.426 e. The fraction of sp³-hybridized carbons (Fsp3) is 0.0714. The van der Waals surface area contributed by atoms with Crippen LogP contribution in [0.3, 0.4) is 0 Å². The molecule has 2 rings (SSSR count). The van der Waals surface area contributed by atoms with E-state index in [-0.39, 0.29) is 5.97 Å². The summed E-state index contributed by atoms with van der Waals surface area (Å²) in [6.45, 7) is 1.39. The van der Waals surface area contributed by atoms with Crippen LogP contribution in [0.1, 0.15) is 6.92 Å². The maximum atomic E-state index is 10.9. The van der Waals surface area contributed by atoms with Crippen molar-refractivity contribution in [3.63, 3.8) is 0 Å². The third-order valence-electron chi connectivity index (χ3n) is 2.29. The third-order valence-corrected chi connectivity index (χ3v) is 2.91. The van der Waals surface area contributed by atoms with Gasteiger partial charge in [0.15, 0.2) is 0 Å². The molecular formula is C14H11BrO2. The molecule has 0 bridgehead atoms. The molecule has 17 heavy (non-hydrogen) atoms. The predicted octanol–water partition coefficient (Wildman–Crippen LogP) is 4.04. The van der Waals surface area contributed by atoms with Crippen molar-refractivity contribution in [2.75, 3.05) is 0 Å². The molecule has 2 aromatic rings. The van der Waals surface area contributed by atoms with Crippen LogP contribution >= 0.6 is 15.9 Å². The number of esters is 1. The molecule has 0 unspecified atom stereocenters. The molecular weight excluding hydrogens is 280 g/mol. The molecule has 0 saturated carbocycles. The molecule has 0 amide bonds. The monoisotopic (exact) mass is 290 g/mol. The van der Waals surface area contributed by atoms with E-state index in [0.29, 0.717) is 5.75 Å². The molecule has 2 aromatic carbocycles. The van der Waals surface area contributed by atoms with E-state index in [2.05, 4.69) is 15.9 Å². The van der Waals surface area contributed by atoms with Crippen LogP contribution in [0.15, 0.2) is 53.0 Å². The lowest BCUT2D eigenvalue weighted by atomic mass is 10.1. The molecule has 0 spiro atoms. The van der Waals surface area contributed by atoms with Crippen molar-refractivity contribution in [3.8, 4) is 16.9 Å². The lowest BCUT2D eigenvalue weighted by molar-refractivity contribution is -0.131. The second-order valence-corrected chi connectivity index (χ2v) is 4.46. The van der Waals surface area contributed by atoms with Crippen molar-refractivity contribution in [1.82, 2.24) is 0 Å². The van der Waals surface area contributed by atoms with Gasteiger partial charge in [-0.1, -0.05) is 36.4 Å². The van der Waals surface area contributed by atoms with E-state index in [4.69, 9.17) is 4.74 Å². The number of carbonyl (C=O) groups is 1. The molecule has 0 aromatic heterocycles. The summed E-state index contributed by atoms with van der Waals surface area (Å²) in [6, 6.07) is 15.7. The van der Waals surface area contributed by atoms with Crippen molar-refractivity contribution in [2.45, 2.75) is 6.92 Å². The molecule has 0 heterocycles. The summed E-state index contributed by atoms with van der Waals surface area (Å²) >= 11 is 3.40. The van der Waals surface area contributed by atoms with Crippen LogP contribution in [-0.4, -0.2) is 5.97 Å². The first kappa shape index (κ1) is 11.9. The molecule has 0 saturated heterocycles. The van der Waals surface area contributed by atoms with Crippen LogP contribution in [0.4, 0.5) is 0 Å². The summed E-state index contributed by atoms with van der Waals surface area (Å²) in [4.78, 5) is 10.9. The summed E-state index contributed by atoms with van der Waals surface area (Å²) in [6.07, 6.45) is 0. The van der Waals surface area contributed by atoms with Gasteiger partial charge < -0.3 is 4.74 Å². The molecule has 0 atom stereocenters. The van der Waals surface area contributed by atoms with Gasteiger partial charge in [0.1, 0.15) is 5.75 Å². The molecule has 0 N–H and O–H groups in total. The van der Waals surface area contributed by atoms with Crippen LogP contribution in [0.2, 0.25) is 0 Å². The number of benzene rings is 2. The van der Waals surface area contributed by atoms with E-state index < -0.39 is 0 Å². The van der Waals surface area contributed by atoms with Crippen LogP contribution in [0, 0.1) is 0 Å². The van der Waals surface area contributed by atoms with Gasteiger partial charge in [0.25, 0.3) is 0 Å². The first-order valence-electron chi connectivity index (χ1n) is 5.20. The predicted molar refractivity (Wildman–Crippen MR) is 70.9 cm³/mol. The zero-order chi connectivity index (χ0) is 12.3. The highest BCUT2D eigenvalue weighted by molar-refractivity contribution is 9.10. The van der Waals surface area contributed by atoms with Crippen LogP contribution in [-0.2, 0) is 4.79 Å². The van der Waals surface area contributed by atoms with Gasteiger partial charge in [0.2, 0.25) is 0 Å². The van der Waals surface area contributed by atoms with Gasteiger partial charge in [-0.05, 0) is 39.2 Å². The van der Waals surface area contributed by atoms with Gasteiger partial charge in [-0.2, -0.15) is 0 Å².